The number of phenols is 1. The molecule has 1 aromatic carbocycles. The van der Waals surface area contributed by atoms with Gasteiger partial charge in [-0.05, 0) is 56.5 Å². The molecular weight excluding hydrogens is 304 g/mol. The number of hydrogen-bond donors (Lipinski definition) is 2. The molecule has 2 N–H and O–H groups in total. The first kappa shape index (κ1) is 17.1. The van der Waals surface area contributed by atoms with Crippen molar-refractivity contribution in [3.63, 3.8) is 0 Å². The fourth-order valence-corrected chi connectivity index (χ4v) is 3.82. The zero-order valence-electron chi connectivity index (χ0n) is 14.5. The standard InChI is InChI=1S/C19H28N2O3/c1-24-18-12-14(6-7-17(18)22)13-21-10-8-15(9-11-21)19(23)20-16-4-2-3-5-16/h6-7,12,15-16,22H,2-5,8-11,13H2,1H3,(H,20,23). The van der Waals surface area contributed by atoms with Crippen molar-refractivity contribution >= 4 is 5.91 Å². The van der Waals surface area contributed by atoms with Gasteiger partial charge in [-0.2, -0.15) is 0 Å². The van der Waals surface area contributed by atoms with Crippen molar-refractivity contribution in [2.45, 2.75) is 51.1 Å². The fourth-order valence-electron chi connectivity index (χ4n) is 3.82. The molecule has 2 fully saturated rings. The van der Waals surface area contributed by atoms with Gasteiger partial charge in [-0.15, -0.1) is 0 Å². The van der Waals surface area contributed by atoms with Gasteiger partial charge in [0.15, 0.2) is 11.5 Å². The van der Waals surface area contributed by atoms with E-state index in [0.29, 0.717) is 11.8 Å². The molecule has 5 nitrogen and oxygen atoms in total. The summed E-state index contributed by atoms with van der Waals surface area (Å²) in [4.78, 5) is 14.7. The summed E-state index contributed by atoms with van der Waals surface area (Å²) in [5.41, 5.74) is 1.12. The maximum atomic E-state index is 12.4. The maximum absolute atomic E-state index is 12.4. The van der Waals surface area contributed by atoms with Gasteiger partial charge in [0.2, 0.25) is 5.91 Å². The number of nitrogens with zero attached hydrogens (tertiary/aromatic N) is 1. The molecule has 5 heteroatoms. The molecule has 0 spiro atoms. The van der Waals surface area contributed by atoms with Crippen LogP contribution in [0.15, 0.2) is 18.2 Å². The third kappa shape index (κ3) is 4.20. The number of aromatic hydroxyl groups is 1. The van der Waals surface area contributed by atoms with E-state index in [-0.39, 0.29) is 17.6 Å². The number of nitrogens with one attached hydrogen (secondary N) is 1. The highest BCUT2D eigenvalue weighted by Crippen LogP contribution is 2.28. The van der Waals surface area contributed by atoms with E-state index in [1.165, 1.54) is 12.8 Å². The fraction of sp³-hybridized carbons (Fsp3) is 0.632. The molecule has 0 atom stereocenters. The second-order valence-electron chi connectivity index (χ2n) is 7.05. The first-order valence-electron chi connectivity index (χ1n) is 9.04. The monoisotopic (exact) mass is 332 g/mol. The van der Waals surface area contributed by atoms with Crippen LogP contribution in [0.3, 0.4) is 0 Å². The minimum Gasteiger partial charge on any atom is -0.504 e. The van der Waals surface area contributed by atoms with Crippen LogP contribution in [0.25, 0.3) is 0 Å². The van der Waals surface area contributed by atoms with Crippen LogP contribution in [0.1, 0.15) is 44.1 Å². The molecule has 0 radical (unpaired) electrons. The Hall–Kier alpha value is -1.75. The van der Waals surface area contributed by atoms with Crippen LogP contribution in [0.2, 0.25) is 0 Å². The zero-order chi connectivity index (χ0) is 16.9. The number of piperidine rings is 1. The third-order valence-electron chi connectivity index (χ3n) is 5.31. The Kier molecular flexibility index (Phi) is 5.61. The number of methoxy groups -OCH3 is 1. The van der Waals surface area contributed by atoms with Crippen LogP contribution in [-0.4, -0.2) is 42.2 Å². The highest BCUT2D eigenvalue weighted by Gasteiger charge is 2.27. The second-order valence-corrected chi connectivity index (χ2v) is 7.05. The van der Waals surface area contributed by atoms with Crippen LogP contribution in [0, 0.1) is 5.92 Å². The normalized spacial score (nSPS) is 20.2. The SMILES string of the molecule is COc1cc(CN2CCC(C(=O)NC3CCCC3)CC2)ccc1O. The van der Waals surface area contributed by atoms with E-state index in [0.717, 1.165) is 50.9 Å². The number of hydrogen-bond acceptors (Lipinski definition) is 4. The molecule has 1 aliphatic heterocycles. The second kappa shape index (κ2) is 7.88. The highest BCUT2D eigenvalue weighted by molar-refractivity contribution is 5.79. The Morgan fingerprint density at radius 3 is 2.62 bits per heavy atom. The molecule has 1 aliphatic carbocycles. The van der Waals surface area contributed by atoms with Crippen molar-refractivity contribution in [2.24, 2.45) is 5.92 Å². The average molecular weight is 332 g/mol. The minimum atomic E-state index is 0.163. The highest BCUT2D eigenvalue weighted by atomic mass is 16.5. The summed E-state index contributed by atoms with van der Waals surface area (Å²) in [5.74, 6) is 1.10. The Bertz CT molecular complexity index is 562. The van der Waals surface area contributed by atoms with E-state index in [9.17, 15) is 9.90 Å². The minimum absolute atomic E-state index is 0.163. The van der Waals surface area contributed by atoms with Gasteiger partial charge in [-0.3, -0.25) is 9.69 Å². The Labute approximate surface area is 144 Å². The number of rotatable bonds is 5. The van der Waals surface area contributed by atoms with Gasteiger partial charge >= 0.3 is 0 Å². The van der Waals surface area contributed by atoms with Gasteiger partial charge in [-0.25, -0.2) is 0 Å². The van der Waals surface area contributed by atoms with Gasteiger partial charge in [0.05, 0.1) is 7.11 Å². The topological polar surface area (TPSA) is 61.8 Å². The van der Waals surface area contributed by atoms with E-state index in [2.05, 4.69) is 10.2 Å². The lowest BCUT2D eigenvalue weighted by atomic mass is 9.95. The Morgan fingerprint density at radius 2 is 1.96 bits per heavy atom. The zero-order valence-corrected chi connectivity index (χ0v) is 14.5. The Morgan fingerprint density at radius 1 is 1.25 bits per heavy atom. The summed E-state index contributed by atoms with van der Waals surface area (Å²) in [5, 5.41) is 12.9. The van der Waals surface area contributed by atoms with Gasteiger partial charge < -0.3 is 15.2 Å². The first-order valence-corrected chi connectivity index (χ1v) is 9.04. The van der Waals surface area contributed by atoms with Gasteiger partial charge in [0.1, 0.15) is 0 Å². The van der Waals surface area contributed by atoms with Crippen molar-refractivity contribution in [1.82, 2.24) is 10.2 Å². The van der Waals surface area contributed by atoms with Gasteiger partial charge in [0.25, 0.3) is 0 Å². The molecule has 0 unspecified atom stereocenters. The summed E-state index contributed by atoms with van der Waals surface area (Å²) in [6, 6.07) is 5.90. The number of benzene rings is 1. The molecule has 1 heterocycles. The molecule has 0 bridgehead atoms. The lowest BCUT2D eigenvalue weighted by molar-refractivity contribution is -0.127. The van der Waals surface area contributed by atoms with Gasteiger partial charge in [0, 0.05) is 18.5 Å². The van der Waals surface area contributed by atoms with Crippen LogP contribution in [0.5, 0.6) is 11.5 Å². The van der Waals surface area contributed by atoms with Crippen molar-refractivity contribution in [2.75, 3.05) is 20.2 Å². The molecule has 24 heavy (non-hydrogen) atoms. The van der Waals surface area contributed by atoms with E-state index >= 15 is 0 Å². The summed E-state index contributed by atoms with van der Waals surface area (Å²) in [6.45, 7) is 2.70. The molecule has 1 amide bonds. The molecule has 3 rings (SSSR count). The molecule has 2 aliphatic rings. The van der Waals surface area contributed by atoms with Crippen LogP contribution in [0.4, 0.5) is 0 Å². The smallest absolute Gasteiger partial charge is 0.223 e. The summed E-state index contributed by atoms with van der Waals surface area (Å²) in [6.07, 6.45) is 6.64. The van der Waals surface area contributed by atoms with Crippen molar-refractivity contribution in [3.8, 4) is 11.5 Å². The van der Waals surface area contributed by atoms with Crippen LogP contribution < -0.4 is 10.1 Å². The molecule has 1 saturated heterocycles. The summed E-state index contributed by atoms with van der Waals surface area (Å²) < 4.78 is 5.17. The molecule has 1 aromatic rings. The number of carbonyl (C=O) groups excluding carboxylic acids is 1. The third-order valence-corrected chi connectivity index (χ3v) is 5.31. The van der Waals surface area contributed by atoms with E-state index in [1.807, 2.05) is 12.1 Å². The van der Waals surface area contributed by atoms with Crippen molar-refractivity contribution in [1.29, 1.82) is 0 Å². The first-order chi connectivity index (χ1) is 11.7. The van der Waals surface area contributed by atoms with E-state index in [1.54, 1.807) is 13.2 Å². The number of phenolic OH excluding ortho intramolecular Hbond substituents is 1. The van der Waals surface area contributed by atoms with Crippen LogP contribution >= 0.6 is 0 Å². The quantitative estimate of drug-likeness (QED) is 0.870. The molecule has 1 saturated carbocycles. The largest absolute Gasteiger partial charge is 0.504 e. The van der Waals surface area contributed by atoms with E-state index in [4.69, 9.17) is 4.74 Å². The molecular formula is C19H28N2O3. The number of amides is 1. The summed E-state index contributed by atoms with van der Waals surface area (Å²) in [7, 11) is 1.56. The maximum Gasteiger partial charge on any atom is 0.223 e. The lowest BCUT2D eigenvalue weighted by Gasteiger charge is -2.32. The predicted octanol–water partition coefficient (Wildman–Crippen LogP) is 2.67. The van der Waals surface area contributed by atoms with Crippen molar-refractivity contribution < 1.29 is 14.6 Å². The molecule has 0 aromatic heterocycles. The number of carbonyl (C=O) groups is 1. The number of ether oxygens (including phenoxy) is 1. The average Bonchev–Trinajstić information content (AvgIpc) is 3.10. The van der Waals surface area contributed by atoms with Crippen molar-refractivity contribution in [3.05, 3.63) is 23.8 Å². The Balaban J connectivity index is 1.47. The number of likely N-dealkylation sites (tertiary alicyclic amines) is 1. The molecule has 132 valence electrons. The van der Waals surface area contributed by atoms with Gasteiger partial charge in [-0.1, -0.05) is 18.9 Å². The van der Waals surface area contributed by atoms with Crippen LogP contribution in [-0.2, 0) is 11.3 Å². The lowest BCUT2D eigenvalue weighted by Crippen LogP contribution is -2.42. The predicted molar refractivity (Wildman–Crippen MR) is 93.1 cm³/mol. The van der Waals surface area contributed by atoms with E-state index < -0.39 is 0 Å². The summed E-state index contributed by atoms with van der Waals surface area (Å²) >= 11 is 0.